The van der Waals surface area contributed by atoms with Crippen molar-refractivity contribution in [1.82, 2.24) is 4.90 Å². The van der Waals surface area contributed by atoms with Crippen molar-refractivity contribution in [3.8, 4) is 11.5 Å². The Morgan fingerprint density at radius 1 is 1.24 bits per heavy atom. The highest BCUT2D eigenvalue weighted by Gasteiger charge is 2.38. The van der Waals surface area contributed by atoms with Gasteiger partial charge < -0.3 is 19.5 Å². The number of benzene rings is 1. The summed E-state index contributed by atoms with van der Waals surface area (Å²) >= 11 is 3.61. The standard InChI is InChI=1S/C22H32N2O7S2/c1-4-32-22(33-5-2)16-9-8-11-23(16)21(27)15-13-18(30-3)19(14-17(15)24(28)29)31-12-7-6-10-20(25)26/h13-14,16,22H,4-12H2,1-3H3,(H,25,26)/t16-/m0/s1. The van der Waals surface area contributed by atoms with Crippen LogP contribution in [0.15, 0.2) is 12.1 Å². The number of thioether (sulfide) groups is 2. The lowest BCUT2D eigenvalue weighted by molar-refractivity contribution is -0.385. The normalized spacial score (nSPS) is 15.6. The van der Waals surface area contributed by atoms with Crippen LogP contribution in [0.3, 0.4) is 0 Å². The average Bonchev–Trinajstić information content (AvgIpc) is 3.27. The van der Waals surface area contributed by atoms with Gasteiger partial charge in [0, 0.05) is 19.0 Å². The first-order valence-electron chi connectivity index (χ1n) is 11.1. The third-order valence-electron chi connectivity index (χ3n) is 5.29. The molecule has 0 saturated carbocycles. The van der Waals surface area contributed by atoms with Crippen LogP contribution in [-0.4, -0.2) is 69.2 Å². The number of carbonyl (C=O) groups excluding carboxylic acids is 1. The van der Waals surface area contributed by atoms with Crippen molar-refractivity contribution in [2.75, 3.05) is 31.8 Å². The molecular weight excluding hydrogens is 468 g/mol. The monoisotopic (exact) mass is 500 g/mol. The number of carbonyl (C=O) groups is 2. The number of hydrogen-bond acceptors (Lipinski definition) is 8. The van der Waals surface area contributed by atoms with E-state index in [-0.39, 0.29) is 52.3 Å². The summed E-state index contributed by atoms with van der Waals surface area (Å²) in [4.78, 5) is 37.1. The number of hydrogen-bond donors (Lipinski definition) is 1. The molecule has 1 aliphatic rings. The first-order chi connectivity index (χ1) is 15.8. The molecule has 1 aromatic rings. The van der Waals surface area contributed by atoms with Gasteiger partial charge in [0.15, 0.2) is 11.5 Å². The maximum absolute atomic E-state index is 13.5. The number of unbranched alkanes of at least 4 members (excludes halogenated alkanes) is 1. The molecule has 184 valence electrons. The Morgan fingerprint density at radius 2 is 1.94 bits per heavy atom. The topological polar surface area (TPSA) is 119 Å². The maximum Gasteiger partial charge on any atom is 0.303 e. The number of rotatable bonds is 14. The van der Waals surface area contributed by atoms with E-state index in [1.165, 1.54) is 19.2 Å². The fourth-order valence-corrected chi connectivity index (χ4v) is 6.65. The molecule has 0 bridgehead atoms. The van der Waals surface area contributed by atoms with Crippen LogP contribution in [-0.2, 0) is 4.79 Å². The van der Waals surface area contributed by atoms with Crippen LogP contribution in [0.1, 0.15) is 56.3 Å². The fraction of sp³-hybridized carbons (Fsp3) is 0.636. The summed E-state index contributed by atoms with van der Waals surface area (Å²) in [6.45, 7) is 4.93. The predicted octanol–water partition coefficient (Wildman–Crippen LogP) is 4.67. The number of carboxylic acid groups (broad SMARTS) is 1. The summed E-state index contributed by atoms with van der Waals surface area (Å²) < 4.78 is 11.2. The van der Waals surface area contributed by atoms with Crippen molar-refractivity contribution in [1.29, 1.82) is 0 Å². The summed E-state index contributed by atoms with van der Waals surface area (Å²) in [6.07, 6.45) is 2.67. The SMILES string of the molecule is CCSC(SCC)[C@@H]1CCCN1C(=O)c1cc(OC)c(OCCCCC(=O)O)cc1[N+](=O)[O-]. The average molecular weight is 501 g/mol. The molecule has 1 aromatic carbocycles. The van der Waals surface area contributed by atoms with Crippen molar-refractivity contribution in [2.24, 2.45) is 0 Å². The van der Waals surface area contributed by atoms with Crippen LogP contribution in [0.5, 0.6) is 11.5 Å². The molecule has 1 N–H and O–H groups in total. The Bertz CT molecular complexity index is 831. The third kappa shape index (κ3) is 7.43. The minimum atomic E-state index is -0.886. The van der Waals surface area contributed by atoms with Crippen LogP contribution in [0, 0.1) is 10.1 Å². The first kappa shape index (κ1) is 27.1. The van der Waals surface area contributed by atoms with Gasteiger partial charge in [-0.25, -0.2) is 0 Å². The van der Waals surface area contributed by atoms with Gasteiger partial charge >= 0.3 is 5.97 Å². The highest BCUT2D eigenvalue weighted by Crippen LogP contribution is 2.39. The van der Waals surface area contributed by atoms with Gasteiger partial charge in [0.05, 0.1) is 35.3 Å². The van der Waals surface area contributed by atoms with Crippen LogP contribution >= 0.6 is 23.5 Å². The van der Waals surface area contributed by atoms with Crippen LogP contribution in [0.4, 0.5) is 5.69 Å². The van der Waals surface area contributed by atoms with Gasteiger partial charge in [-0.2, -0.15) is 0 Å². The second-order valence-electron chi connectivity index (χ2n) is 7.46. The molecule has 0 unspecified atom stereocenters. The second kappa shape index (κ2) is 13.5. The van der Waals surface area contributed by atoms with E-state index < -0.39 is 10.9 Å². The van der Waals surface area contributed by atoms with E-state index in [2.05, 4.69) is 13.8 Å². The van der Waals surface area contributed by atoms with E-state index in [0.717, 1.165) is 24.3 Å². The molecular formula is C22H32N2O7S2. The van der Waals surface area contributed by atoms with E-state index in [9.17, 15) is 19.7 Å². The molecule has 1 amide bonds. The Balaban J connectivity index is 2.27. The van der Waals surface area contributed by atoms with Gasteiger partial charge in [0.1, 0.15) is 5.56 Å². The van der Waals surface area contributed by atoms with E-state index in [0.29, 0.717) is 19.4 Å². The van der Waals surface area contributed by atoms with Crippen molar-refractivity contribution in [3.05, 3.63) is 27.8 Å². The lowest BCUT2D eigenvalue weighted by Crippen LogP contribution is -2.41. The van der Waals surface area contributed by atoms with E-state index in [1.807, 2.05) is 0 Å². The van der Waals surface area contributed by atoms with Crippen LogP contribution < -0.4 is 9.47 Å². The number of likely N-dealkylation sites (tertiary alicyclic amines) is 1. The molecule has 0 spiro atoms. The molecule has 1 heterocycles. The molecule has 1 aliphatic heterocycles. The second-order valence-corrected chi connectivity index (χ2v) is 10.6. The lowest BCUT2D eigenvalue weighted by atomic mass is 10.1. The molecule has 33 heavy (non-hydrogen) atoms. The molecule has 1 atom stereocenters. The largest absolute Gasteiger partial charge is 0.493 e. The number of ether oxygens (including phenoxy) is 2. The number of methoxy groups -OCH3 is 1. The fourth-order valence-electron chi connectivity index (χ4n) is 3.79. The van der Waals surface area contributed by atoms with E-state index in [1.54, 1.807) is 28.4 Å². The van der Waals surface area contributed by atoms with Gasteiger partial charge in [0.25, 0.3) is 11.6 Å². The third-order valence-corrected chi connectivity index (χ3v) is 8.06. The lowest BCUT2D eigenvalue weighted by Gasteiger charge is -2.31. The number of amides is 1. The minimum absolute atomic E-state index is 0.0104. The number of nitro groups is 1. The summed E-state index contributed by atoms with van der Waals surface area (Å²) in [6, 6.07) is 2.63. The van der Waals surface area contributed by atoms with Crippen molar-refractivity contribution >= 4 is 41.1 Å². The zero-order chi connectivity index (χ0) is 24.4. The Kier molecular flexibility index (Phi) is 11.1. The molecule has 9 nitrogen and oxygen atoms in total. The maximum atomic E-state index is 13.5. The molecule has 0 aromatic heterocycles. The smallest absolute Gasteiger partial charge is 0.303 e. The summed E-state index contributed by atoms with van der Waals surface area (Å²) in [5.41, 5.74) is -0.335. The number of nitrogens with zero attached hydrogens (tertiary/aromatic N) is 2. The summed E-state index contributed by atoms with van der Waals surface area (Å²) in [7, 11) is 1.41. The van der Waals surface area contributed by atoms with Gasteiger partial charge in [-0.3, -0.25) is 19.7 Å². The molecule has 11 heteroatoms. The van der Waals surface area contributed by atoms with Crippen LogP contribution in [0.2, 0.25) is 0 Å². The van der Waals surface area contributed by atoms with Crippen molar-refractivity contribution in [2.45, 2.75) is 56.6 Å². The first-order valence-corrected chi connectivity index (χ1v) is 13.2. The predicted molar refractivity (Wildman–Crippen MR) is 131 cm³/mol. The Morgan fingerprint density at radius 3 is 2.52 bits per heavy atom. The summed E-state index contributed by atoms with van der Waals surface area (Å²) in [5.74, 6) is 1.01. The molecule has 2 rings (SSSR count). The number of carboxylic acids is 1. The van der Waals surface area contributed by atoms with Gasteiger partial charge in [-0.15, -0.1) is 23.5 Å². The zero-order valence-corrected chi connectivity index (χ0v) is 20.9. The molecule has 1 fully saturated rings. The quantitative estimate of drug-likeness (QED) is 0.168. The van der Waals surface area contributed by atoms with Gasteiger partial charge in [-0.05, 0) is 37.2 Å². The van der Waals surface area contributed by atoms with E-state index >= 15 is 0 Å². The Hall–Kier alpha value is -2.14. The zero-order valence-electron chi connectivity index (χ0n) is 19.3. The number of nitro benzene ring substituents is 1. The van der Waals surface area contributed by atoms with Crippen molar-refractivity contribution in [3.63, 3.8) is 0 Å². The van der Waals surface area contributed by atoms with Gasteiger partial charge in [-0.1, -0.05) is 13.8 Å². The van der Waals surface area contributed by atoms with Gasteiger partial charge in [0.2, 0.25) is 0 Å². The van der Waals surface area contributed by atoms with E-state index in [4.69, 9.17) is 14.6 Å². The number of aliphatic carboxylic acids is 1. The molecule has 0 aliphatic carbocycles. The van der Waals surface area contributed by atoms with Crippen LogP contribution in [0.25, 0.3) is 0 Å². The molecule has 0 radical (unpaired) electrons. The van der Waals surface area contributed by atoms with Crippen molar-refractivity contribution < 1.29 is 29.1 Å². The Labute approximate surface area is 202 Å². The summed E-state index contributed by atoms with van der Waals surface area (Å²) in [5, 5.41) is 20.5. The highest BCUT2D eigenvalue weighted by atomic mass is 32.2. The minimum Gasteiger partial charge on any atom is -0.493 e. The highest BCUT2D eigenvalue weighted by molar-refractivity contribution is 8.17. The molecule has 1 saturated heterocycles.